The largest absolute Gasteiger partial charge is 0.472 e. The molecule has 0 fully saturated rings. The van der Waals surface area contributed by atoms with Crippen molar-refractivity contribution >= 4 is 25.7 Å². The van der Waals surface area contributed by atoms with Gasteiger partial charge < -0.3 is 24.2 Å². The van der Waals surface area contributed by atoms with E-state index >= 15 is 0 Å². The molecule has 0 saturated carbocycles. The molecule has 0 bridgehead atoms. The summed E-state index contributed by atoms with van der Waals surface area (Å²) in [6, 6.07) is 0. The summed E-state index contributed by atoms with van der Waals surface area (Å²) in [5.41, 5.74) is 0. The second-order valence-corrected chi connectivity index (χ2v) is 22.0. The first-order valence-electron chi connectivity index (χ1n) is 30.2. The number of aliphatic hydroxyl groups is 1. The van der Waals surface area contributed by atoms with Gasteiger partial charge in [-0.15, -0.1) is 0 Å². The Balaban J connectivity index is 4.62. The van der Waals surface area contributed by atoms with E-state index in [0.29, 0.717) is 19.3 Å². The Morgan fingerprint density at radius 3 is 1.00 bits per heavy atom. The van der Waals surface area contributed by atoms with Crippen LogP contribution in [0.2, 0.25) is 0 Å². The van der Waals surface area contributed by atoms with E-state index in [-0.39, 0.29) is 25.9 Å². The number of ether oxygens (including phenoxy) is 3. The predicted octanol–water partition coefficient (Wildman–Crippen LogP) is 17.8. The molecule has 424 valence electrons. The molecule has 0 aromatic heterocycles. The van der Waals surface area contributed by atoms with Crippen molar-refractivity contribution in [3.05, 3.63) is 24.3 Å². The first-order chi connectivity index (χ1) is 35.2. The smallest absolute Gasteiger partial charge is 0.462 e. The van der Waals surface area contributed by atoms with Crippen LogP contribution in [0.5, 0.6) is 0 Å². The Morgan fingerprint density at radius 1 is 0.375 bits per heavy atom. The molecule has 72 heavy (non-hydrogen) atoms. The predicted molar refractivity (Wildman–Crippen MR) is 298 cm³/mol. The van der Waals surface area contributed by atoms with Crippen LogP contribution in [-0.2, 0) is 42.2 Å². The van der Waals surface area contributed by atoms with E-state index in [2.05, 4.69) is 45.1 Å². The summed E-state index contributed by atoms with van der Waals surface area (Å²) in [6.07, 6.45) is 55.6. The normalized spacial score (nSPS) is 13.5. The molecule has 3 unspecified atom stereocenters. The van der Waals surface area contributed by atoms with Gasteiger partial charge in [-0.2, -0.15) is 0 Å². The van der Waals surface area contributed by atoms with Crippen LogP contribution in [0.1, 0.15) is 303 Å². The van der Waals surface area contributed by atoms with E-state index in [1.165, 1.54) is 161 Å². The molecule has 0 saturated heterocycles. The second-order valence-electron chi connectivity index (χ2n) is 20.5. The van der Waals surface area contributed by atoms with Gasteiger partial charge in [-0.05, 0) is 64.2 Å². The highest BCUT2D eigenvalue weighted by molar-refractivity contribution is 7.47. The average Bonchev–Trinajstić information content (AvgIpc) is 3.37. The van der Waals surface area contributed by atoms with Gasteiger partial charge in [-0.25, -0.2) is 4.57 Å². The minimum absolute atomic E-state index is 0.165. The molecule has 2 N–H and O–H groups in total. The van der Waals surface area contributed by atoms with Crippen LogP contribution < -0.4 is 0 Å². The number of rotatable bonds is 57. The average molecular weight is 1040 g/mol. The molecule has 3 atom stereocenters. The quantitative estimate of drug-likeness (QED) is 0.0197. The lowest BCUT2D eigenvalue weighted by Gasteiger charge is -2.21. The lowest BCUT2D eigenvalue weighted by molar-refractivity contribution is -0.161. The van der Waals surface area contributed by atoms with Gasteiger partial charge in [0, 0.05) is 19.3 Å². The molecule has 0 aliphatic heterocycles. The van der Waals surface area contributed by atoms with Gasteiger partial charge in [0.2, 0.25) is 0 Å². The topological polar surface area (TPSA) is 155 Å². The standard InChI is InChI=1S/C60H113O11P/c1-4-7-10-13-16-19-22-24-26-28-30-32-35-38-41-44-47-50-59(63)70-56(52-61)54-68-72(65,66)69-55-57(53-67-58(62)49-46-43-40-37-34-21-18-15-12-9-6-3)71-60(64)51-48-45-42-39-36-33-31-29-27-25-23-20-17-14-11-8-5-2/h15,18,25,27,56-57,61H,4-14,16-17,19-24,26,28-55H2,1-3H3,(H,65,66)/b18-15-,27-25-. The second kappa shape index (κ2) is 55.2. The van der Waals surface area contributed by atoms with Crippen molar-refractivity contribution < 1.29 is 52.2 Å². The van der Waals surface area contributed by atoms with Crippen molar-refractivity contribution in [2.75, 3.05) is 26.4 Å². The lowest BCUT2D eigenvalue weighted by Crippen LogP contribution is -2.30. The monoisotopic (exact) mass is 1040 g/mol. The van der Waals surface area contributed by atoms with Crippen molar-refractivity contribution in [1.82, 2.24) is 0 Å². The number of phosphoric ester groups is 1. The minimum atomic E-state index is -4.74. The lowest BCUT2D eigenvalue weighted by atomic mass is 10.0. The summed E-state index contributed by atoms with van der Waals surface area (Å²) in [6.45, 7) is 4.64. The van der Waals surface area contributed by atoms with Crippen molar-refractivity contribution in [2.24, 2.45) is 0 Å². The third kappa shape index (κ3) is 52.8. The molecule has 0 spiro atoms. The van der Waals surface area contributed by atoms with Gasteiger partial charge in [0.25, 0.3) is 0 Å². The van der Waals surface area contributed by atoms with Crippen LogP contribution in [-0.4, -0.2) is 66.5 Å². The third-order valence-electron chi connectivity index (χ3n) is 13.3. The number of carbonyl (C=O) groups excluding carboxylic acids is 3. The Bertz CT molecular complexity index is 1310. The number of carbonyl (C=O) groups is 3. The molecule has 0 aromatic rings. The Kier molecular flexibility index (Phi) is 53.6. The highest BCUT2D eigenvalue weighted by atomic mass is 31.2. The molecule has 0 rings (SSSR count). The number of esters is 3. The Morgan fingerprint density at radius 2 is 0.653 bits per heavy atom. The van der Waals surface area contributed by atoms with Crippen molar-refractivity contribution in [2.45, 2.75) is 315 Å². The molecule has 0 amide bonds. The maximum atomic E-state index is 12.9. The third-order valence-corrected chi connectivity index (χ3v) is 14.3. The zero-order chi connectivity index (χ0) is 52.7. The Labute approximate surface area is 442 Å². The summed E-state index contributed by atoms with van der Waals surface area (Å²) in [7, 11) is -4.74. The summed E-state index contributed by atoms with van der Waals surface area (Å²) >= 11 is 0. The molecule has 11 nitrogen and oxygen atoms in total. The fraction of sp³-hybridized carbons (Fsp3) is 0.883. The summed E-state index contributed by atoms with van der Waals surface area (Å²) in [5.74, 6) is -1.46. The SMILES string of the molecule is CCCC/C=C\CCCCCCCC(=O)OCC(COP(=O)(O)OCC(CO)OC(=O)CCCCCCCCCCCCCCCCCCC)OC(=O)CCCCCCCCC/C=C\CCCCCCCC. The van der Waals surface area contributed by atoms with Gasteiger partial charge in [0.05, 0.1) is 19.8 Å². The van der Waals surface area contributed by atoms with E-state index in [4.69, 9.17) is 23.3 Å². The molecular formula is C60H113O11P. The van der Waals surface area contributed by atoms with Crippen molar-refractivity contribution in [3.63, 3.8) is 0 Å². The number of aliphatic hydroxyl groups excluding tert-OH is 1. The van der Waals surface area contributed by atoms with Gasteiger partial charge in [-0.1, -0.05) is 244 Å². The molecule has 12 heteroatoms. The van der Waals surface area contributed by atoms with Crippen LogP contribution in [0.3, 0.4) is 0 Å². The first-order valence-corrected chi connectivity index (χ1v) is 31.7. The van der Waals surface area contributed by atoms with Crippen LogP contribution in [0.15, 0.2) is 24.3 Å². The highest BCUT2D eigenvalue weighted by Gasteiger charge is 2.28. The van der Waals surface area contributed by atoms with Crippen molar-refractivity contribution in [3.8, 4) is 0 Å². The number of hydrogen-bond donors (Lipinski definition) is 2. The van der Waals surface area contributed by atoms with E-state index in [1.54, 1.807) is 0 Å². The first kappa shape index (κ1) is 70.0. The number of unbranched alkanes of at least 4 members (excludes halogenated alkanes) is 36. The van der Waals surface area contributed by atoms with E-state index in [0.717, 1.165) is 83.5 Å². The van der Waals surface area contributed by atoms with E-state index in [9.17, 15) is 28.9 Å². The maximum Gasteiger partial charge on any atom is 0.472 e. The van der Waals surface area contributed by atoms with E-state index in [1.807, 2.05) is 0 Å². The molecule has 0 aliphatic carbocycles. The van der Waals surface area contributed by atoms with Crippen LogP contribution in [0.25, 0.3) is 0 Å². The van der Waals surface area contributed by atoms with Crippen molar-refractivity contribution in [1.29, 1.82) is 0 Å². The summed E-state index contributed by atoms with van der Waals surface area (Å²) < 4.78 is 39.5. The maximum absolute atomic E-state index is 12.9. The molecule has 0 aliphatic rings. The summed E-state index contributed by atoms with van der Waals surface area (Å²) in [4.78, 5) is 48.5. The highest BCUT2D eigenvalue weighted by Crippen LogP contribution is 2.43. The summed E-state index contributed by atoms with van der Waals surface area (Å²) in [5, 5.41) is 9.83. The Hall–Kier alpha value is -2.04. The zero-order valence-electron chi connectivity index (χ0n) is 46.9. The van der Waals surface area contributed by atoms with Crippen LogP contribution in [0, 0.1) is 0 Å². The molecule has 0 aromatic carbocycles. The van der Waals surface area contributed by atoms with Gasteiger partial charge in [0.1, 0.15) is 12.7 Å². The van der Waals surface area contributed by atoms with Crippen LogP contribution >= 0.6 is 7.82 Å². The molecule has 0 heterocycles. The van der Waals surface area contributed by atoms with Gasteiger partial charge >= 0.3 is 25.7 Å². The van der Waals surface area contributed by atoms with Crippen LogP contribution in [0.4, 0.5) is 0 Å². The fourth-order valence-corrected chi connectivity index (χ4v) is 9.47. The molecular weight excluding hydrogens is 928 g/mol. The number of allylic oxidation sites excluding steroid dienone is 4. The van der Waals surface area contributed by atoms with Gasteiger partial charge in [-0.3, -0.25) is 23.4 Å². The minimum Gasteiger partial charge on any atom is -0.462 e. The van der Waals surface area contributed by atoms with Gasteiger partial charge in [0.15, 0.2) is 6.10 Å². The number of hydrogen-bond acceptors (Lipinski definition) is 10. The van der Waals surface area contributed by atoms with E-state index < -0.39 is 57.8 Å². The fourth-order valence-electron chi connectivity index (χ4n) is 8.69. The zero-order valence-corrected chi connectivity index (χ0v) is 47.8. The molecule has 0 radical (unpaired) electrons. The number of phosphoric acid groups is 1.